The van der Waals surface area contributed by atoms with Crippen molar-refractivity contribution in [3.8, 4) is 5.82 Å². The van der Waals surface area contributed by atoms with E-state index in [1.165, 1.54) is 55.6 Å². The van der Waals surface area contributed by atoms with Crippen LogP contribution in [0.1, 0.15) is 62.6 Å². The van der Waals surface area contributed by atoms with Gasteiger partial charge < -0.3 is 26.2 Å². The number of likely N-dealkylation sites (tertiary alicyclic amines) is 1. The molecule has 0 aromatic carbocycles. The van der Waals surface area contributed by atoms with E-state index in [4.69, 9.17) is 20.8 Å². The molecule has 42 heavy (non-hydrogen) atoms. The van der Waals surface area contributed by atoms with E-state index in [-0.39, 0.29) is 5.41 Å². The quantitative estimate of drug-likeness (QED) is 0.391. The van der Waals surface area contributed by atoms with Crippen LogP contribution in [0.3, 0.4) is 0 Å². The number of anilines is 5. The van der Waals surface area contributed by atoms with E-state index in [1.54, 1.807) is 4.68 Å². The third-order valence-corrected chi connectivity index (χ3v) is 10.0. The van der Waals surface area contributed by atoms with Gasteiger partial charge in [0.05, 0.1) is 23.3 Å². The summed E-state index contributed by atoms with van der Waals surface area (Å²) in [4.78, 5) is 19.4. The van der Waals surface area contributed by atoms with Crippen molar-refractivity contribution in [2.75, 3.05) is 54.0 Å². The highest BCUT2D eigenvalue weighted by Gasteiger charge is 2.38. The van der Waals surface area contributed by atoms with Crippen LogP contribution in [0.25, 0.3) is 5.82 Å². The number of aromatic nitrogens is 5. The van der Waals surface area contributed by atoms with Crippen LogP contribution in [0, 0.1) is 0 Å². The van der Waals surface area contributed by atoms with E-state index in [1.807, 2.05) is 12.3 Å². The molecule has 6 aliphatic rings. The van der Waals surface area contributed by atoms with Gasteiger partial charge in [0, 0.05) is 31.1 Å². The average Bonchev–Trinajstić information content (AvgIpc) is 3.72. The van der Waals surface area contributed by atoms with E-state index in [0.29, 0.717) is 11.9 Å². The maximum atomic E-state index is 6.43. The number of nitrogens with one attached hydrogen (secondary N) is 2. The minimum Gasteiger partial charge on any atom is -0.383 e. The fourth-order valence-corrected chi connectivity index (χ4v) is 7.61. The molecule has 3 aliphatic heterocycles. The number of piperidine rings is 1. The first-order chi connectivity index (χ1) is 20.6. The Morgan fingerprint density at radius 3 is 2.62 bits per heavy atom. The Bertz CT molecular complexity index is 1530. The van der Waals surface area contributed by atoms with Crippen LogP contribution in [0.4, 0.5) is 29.1 Å². The number of aryl methyl sites for hydroxylation is 1. The van der Waals surface area contributed by atoms with Gasteiger partial charge in [-0.05, 0) is 94.6 Å². The number of rotatable bonds is 6. The summed E-state index contributed by atoms with van der Waals surface area (Å²) < 4.78 is 1.67. The van der Waals surface area contributed by atoms with Crippen molar-refractivity contribution in [3.63, 3.8) is 0 Å². The zero-order valence-corrected chi connectivity index (χ0v) is 24.2. The Hall–Kier alpha value is -3.92. The maximum absolute atomic E-state index is 6.43. The van der Waals surface area contributed by atoms with Gasteiger partial charge in [-0.3, -0.25) is 0 Å². The van der Waals surface area contributed by atoms with Gasteiger partial charge in [0.15, 0.2) is 5.82 Å². The summed E-state index contributed by atoms with van der Waals surface area (Å²) in [6.45, 7) is 5.64. The predicted molar refractivity (Wildman–Crippen MR) is 167 cm³/mol. The van der Waals surface area contributed by atoms with E-state index < -0.39 is 0 Å². The van der Waals surface area contributed by atoms with Crippen molar-refractivity contribution < 1.29 is 0 Å². The summed E-state index contributed by atoms with van der Waals surface area (Å²) in [6, 6.07) is 7.04. The first-order valence-corrected chi connectivity index (χ1v) is 15.8. The minimum atomic E-state index is -0.0128. The van der Waals surface area contributed by atoms with Crippen molar-refractivity contribution in [2.45, 2.75) is 69.2 Å². The normalized spacial score (nSPS) is 24.0. The van der Waals surface area contributed by atoms with Gasteiger partial charge in [-0.15, -0.1) is 5.10 Å². The van der Waals surface area contributed by atoms with Crippen molar-refractivity contribution in [3.05, 3.63) is 59.5 Å². The van der Waals surface area contributed by atoms with Gasteiger partial charge >= 0.3 is 0 Å². The Kier molecular flexibility index (Phi) is 6.39. The van der Waals surface area contributed by atoms with Gasteiger partial charge in [-0.2, -0.15) is 9.67 Å². The number of hydrogen-bond acceptors (Lipinski definition) is 9. The number of pyridine rings is 2. The van der Waals surface area contributed by atoms with Crippen LogP contribution >= 0.6 is 0 Å². The van der Waals surface area contributed by atoms with Crippen molar-refractivity contribution >= 4 is 29.1 Å². The lowest BCUT2D eigenvalue weighted by atomic mass is 9.65. The molecule has 4 N–H and O–H groups in total. The van der Waals surface area contributed by atoms with Crippen LogP contribution in [0.5, 0.6) is 0 Å². The van der Waals surface area contributed by atoms with Crippen LogP contribution in [-0.4, -0.2) is 68.4 Å². The Morgan fingerprint density at radius 1 is 1.00 bits per heavy atom. The molecule has 3 aliphatic carbocycles. The molecule has 10 nitrogen and oxygen atoms in total. The number of nitrogens with two attached hydrogens (primary N) is 1. The summed E-state index contributed by atoms with van der Waals surface area (Å²) >= 11 is 0. The number of nitrogen functional groups attached to an aromatic ring is 1. The smallest absolute Gasteiger partial charge is 0.248 e. The van der Waals surface area contributed by atoms with Crippen molar-refractivity contribution in [2.24, 2.45) is 0 Å². The van der Waals surface area contributed by atoms with E-state index in [9.17, 15) is 0 Å². The number of hydrogen-bond donors (Lipinski definition) is 3. The topological polar surface area (TPSA) is 113 Å². The Balaban J connectivity index is 1.00. The lowest BCUT2D eigenvalue weighted by Crippen LogP contribution is -2.44. The molecule has 6 heterocycles. The Labute approximate surface area is 247 Å². The lowest BCUT2D eigenvalue weighted by Gasteiger charge is -2.40. The molecule has 1 atom stereocenters. The third kappa shape index (κ3) is 4.62. The lowest BCUT2D eigenvalue weighted by molar-refractivity contribution is 0.207. The summed E-state index contributed by atoms with van der Waals surface area (Å²) in [5.41, 5.74) is 12.3. The molecular weight excluding hydrogens is 524 g/mol. The molecule has 2 bridgehead atoms. The van der Waals surface area contributed by atoms with Crippen molar-refractivity contribution in [1.29, 1.82) is 0 Å². The largest absolute Gasteiger partial charge is 0.383 e. The molecule has 0 amide bonds. The second-order valence-electron chi connectivity index (χ2n) is 12.5. The summed E-state index contributed by atoms with van der Waals surface area (Å²) in [6.07, 6.45) is 19.3. The molecule has 3 aromatic rings. The Morgan fingerprint density at radius 2 is 1.88 bits per heavy atom. The zero-order valence-electron chi connectivity index (χ0n) is 24.2. The summed E-state index contributed by atoms with van der Waals surface area (Å²) in [7, 11) is 0. The van der Waals surface area contributed by atoms with Crippen molar-refractivity contribution in [1.82, 2.24) is 29.6 Å². The first-order valence-electron chi connectivity index (χ1n) is 15.8. The summed E-state index contributed by atoms with van der Waals surface area (Å²) in [5.74, 6) is 2.50. The molecule has 218 valence electrons. The molecule has 0 radical (unpaired) electrons. The highest BCUT2D eigenvalue weighted by Crippen LogP contribution is 2.48. The maximum Gasteiger partial charge on any atom is 0.248 e. The second kappa shape index (κ2) is 10.4. The molecule has 3 aromatic heterocycles. The molecule has 9 rings (SSSR count). The van der Waals surface area contributed by atoms with Gasteiger partial charge in [-0.25, -0.2) is 9.97 Å². The average molecular weight is 565 g/mol. The monoisotopic (exact) mass is 564 g/mol. The van der Waals surface area contributed by atoms with Crippen LogP contribution < -0.4 is 21.3 Å². The number of allylic oxidation sites excluding steroid dienone is 4. The SMILES string of the molecule is Nc1nc(Nc2ccc(N3CCC(N4CCCC4)CC3)nc2)nn1-c1cc(C23C=CC(=CC2)CC3)c2c(n1)CCCN2. The number of fused-ring (bicyclic) bond motifs is 3. The fourth-order valence-electron chi connectivity index (χ4n) is 7.61. The third-order valence-electron chi connectivity index (χ3n) is 10.0. The van der Waals surface area contributed by atoms with Gasteiger partial charge in [0.2, 0.25) is 11.9 Å². The molecule has 2 saturated heterocycles. The standard InChI is InChI=1S/C32H40N10/c33-30-38-31(36-23-5-6-27(35-21-23)41-18-10-24(11-19-41)40-16-1-2-17-40)39-42(30)28-20-25(29-26(37-28)4-3-15-34-29)32-12-7-22(8-13-32)9-14-32/h5-8,12,20-21,24,34H,1-4,9-11,13-19H2,(H3,33,36,38,39). The van der Waals surface area contributed by atoms with Crippen LogP contribution in [0.15, 0.2) is 48.2 Å². The first kappa shape index (κ1) is 25.8. The highest BCUT2D eigenvalue weighted by atomic mass is 15.4. The molecular formula is C32H40N10. The molecule has 0 spiro atoms. The zero-order chi connectivity index (χ0) is 28.1. The van der Waals surface area contributed by atoms with E-state index in [2.05, 4.69) is 55.8 Å². The highest BCUT2D eigenvalue weighted by molar-refractivity contribution is 5.65. The van der Waals surface area contributed by atoms with E-state index >= 15 is 0 Å². The minimum absolute atomic E-state index is 0.0128. The predicted octanol–water partition coefficient (Wildman–Crippen LogP) is 4.72. The van der Waals surface area contributed by atoms with Gasteiger partial charge in [-0.1, -0.05) is 23.8 Å². The second-order valence-corrected chi connectivity index (χ2v) is 12.5. The van der Waals surface area contributed by atoms with Gasteiger partial charge in [0.25, 0.3) is 0 Å². The number of nitrogens with zero attached hydrogens (tertiary/aromatic N) is 7. The molecule has 0 saturated carbocycles. The summed E-state index contributed by atoms with van der Waals surface area (Å²) in [5, 5.41) is 11.7. The molecule has 1 unspecified atom stereocenters. The van der Waals surface area contributed by atoms with E-state index in [0.717, 1.165) is 80.8 Å². The fraction of sp³-hybridized carbons (Fsp3) is 0.500. The molecule has 10 heteroatoms. The van der Waals surface area contributed by atoms with Crippen LogP contribution in [0.2, 0.25) is 0 Å². The molecule has 2 fully saturated rings. The van der Waals surface area contributed by atoms with Gasteiger partial charge in [0.1, 0.15) is 5.82 Å². The van der Waals surface area contributed by atoms with Crippen LogP contribution in [-0.2, 0) is 11.8 Å².